The van der Waals surface area contributed by atoms with Gasteiger partial charge in [-0.1, -0.05) is 30.3 Å². The highest BCUT2D eigenvalue weighted by Gasteiger charge is 2.12. The van der Waals surface area contributed by atoms with Gasteiger partial charge in [0.05, 0.1) is 12.1 Å². The molecule has 0 aliphatic rings. The number of aromatic nitrogens is 1. The Kier molecular flexibility index (Phi) is 5.50. The van der Waals surface area contributed by atoms with Gasteiger partial charge < -0.3 is 21.4 Å². The smallest absolute Gasteiger partial charge is 0.252 e. The summed E-state index contributed by atoms with van der Waals surface area (Å²) < 4.78 is 0. The summed E-state index contributed by atoms with van der Waals surface area (Å²) in [7, 11) is 0. The average Bonchev–Trinajstić information content (AvgIpc) is 2.69. The van der Waals surface area contributed by atoms with Crippen molar-refractivity contribution >= 4 is 28.6 Å². The molecule has 3 rings (SSSR count). The molecule has 3 aromatic rings. The average molecular weight is 378 g/mol. The van der Waals surface area contributed by atoms with Gasteiger partial charge in [0.1, 0.15) is 0 Å². The SMILES string of the molecule is NC(=O)CNC(=O)c1ccc(CNC(=O)c2cc(=O)[nH]c3ccccc23)cc1. The number of para-hydroxylation sites is 1. The maximum atomic E-state index is 12.5. The predicted octanol–water partition coefficient (Wildman–Crippen LogP) is 0.673. The topological polar surface area (TPSA) is 134 Å². The lowest BCUT2D eigenvalue weighted by Crippen LogP contribution is -2.33. The molecule has 0 radical (unpaired) electrons. The number of amides is 3. The van der Waals surface area contributed by atoms with Crippen molar-refractivity contribution < 1.29 is 14.4 Å². The van der Waals surface area contributed by atoms with Crippen LogP contribution in [0.1, 0.15) is 26.3 Å². The van der Waals surface area contributed by atoms with E-state index in [2.05, 4.69) is 15.6 Å². The first-order chi connectivity index (χ1) is 13.4. The minimum Gasteiger partial charge on any atom is -0.368 e. The zero-order chi connectivity index (χ0) is 20.1. The molecule has 2 aromatic carbocycles. The van der Waals surface area contributed by atoms with Gasteiger partial charge in [-0.3, -0.25) is 19.2 Å². The molecule has 0 bridgehead atoms. The van der Waals surface area contributed by atoms with Gasteiger partial charge in [-0.2, -0.15) is 0 Å². The Hall–Kier alpha value is -3.94. The van der Waals surface area contributed by atoms with Crippen molar-refractivity contribution in [1.29, 1.82) is 0 Å². The number of nitrogens with one attached hydrogen (secondary N) is 3. The molecule has 0 atom stereocenters. The van der Waals surface area contributed by atoms with Gasteiger partial charge in [-0.25, -0.2) is 0 Å². The van der Waals surface area contributed by atoms with E-state index in [1.807, 2.05) is 0 Å². The third-order valence-electron chi connectivity index (χ3n) is 4.09. The Balaban J connectivity index is 1.68. The van der Waals surface area contributed by atoms with Crippen LogP contribution in [-0.4, -0.2) is 29.3 Å². The van der Waals surface area contributed by atoms with Crippen LogP contribution in [0, 0.1) is 0 Å². The molecule has 0 saturated heterocycles. The highest BCUT2D eigenvalue weighted by molar-refractivity contribution is 6.05. The molecular weight excluding hydrogens is 360 g/mol. The number of pyridine rings is 1. The molecular formula is C20H18N4O4. The summed E-state index contributed by atoms with van der Waals surface area (Å²) in [4.78, 5) is 49.6. The maximum absolute atomic E-state index is 12.5. The number of carbonyl (C=O) groups excluding carboxylic acids is 3. The number of hydrogen-bond donors (Lipinski definition) is 4. The predicted molar refractivity (Wildman–Crippen MR) is 104 cm³/mol. The summed E-state index contributed by atoms with van der Waals surface area (Å²) in [5, 5.41) is 5.82. The summed E-state index contributed by atoms with van der Waals surface area (Å²) in [5.74, 6) is -1.41. The quantitative estimate of drug-likeness (QED) is 0.501. The van der Waals surface area contributed by atoms with E-state index in [0.29, 0.717) is 22.0 Å². The number of H-pyrrole nitrogens is 1. The Morgan fingerprint density at radius 2 is 1.64 bits per heavy atom. The number of aromatic amines is 1. The standard InChI is InChI=1S/C20H18N4O4/c21-17(25)11-23-19(27)13-7-5-12(6-8-13)10-22-20(28)15-9-18(26)24-16-4-2-1-3-14(15)16/h1-9H,10-11H2,(H2,21,25)(H,22,28)(H,23,27)(H,24,26). The van der Waals surface area contributed by atoms with Crippen molar-refractivity contribution in [3.05, 3.63) is 81.6 Å². The largest absolute Gasteiger partial charge is 0.368 e. The monoisotopic (exact) mass is 378 g/mol. The Morgan fingerprint density at radius 3 is 2.36 bits per heavy atom. The second-order valence-corrected chi connectivity index (χ2v) is 6.12. The lowest BCUT2D eigenvalue weighted by molar-refractivity contribution is -0.117. The van der Waals surface area contributed by atoms with Crippen molar-refractivity contribution in [2.24, 2.45) is 5.73 Å². The van der Waals surface area contributed by atoms with Gasteiger partial charge in [0.25, 0.3) is 11.8 Å². The third kappa shape index (κ3) is 4.42. The highest BCUT2D eigenvalue weighted by Crippen LogP contribution is 2.14. The van der Waals surface area contributed by atoms with Crippen molar-refractivity contribution in [3.8, 4) is 0 Å². The lowest BCUT2D eigenvalue weighted by atomic mass is 10.1. The first-order valence-corrected chi connectivity index (χ1v) is 8.50. The van der Waals surface area contributed by atoms with E-state index in [1.165, 1.54) is 6.07 Å². The number of benzene rings is 2. The Bertz CT molecular complexity index is 1100. The van der Waals surface area contributed by atoms with Gasteiger partial charge in [0, 0.05) is 29.1 Å². The first-order valence-electron chi connectivity index (χ1n) is 8.50. The second-order valence-electron chi connectivity index (χ2n) is 6.12. The number of carbonyl (C=O) groups is 3. The van der Waals surface area contributed by atoms with Crippen LogP contribution in [0.2, 0.25) is 0 Å². The minimum absolute atomic E-state index is 0.225. The van der Waals surface area contributed by atoms with E-state index in [0.717, 1.165) is 5.56 Å². The highest BCUT2D eigenvalue weighted by atomic mass is 16.2. The second kappa shape index (κ2) is 8.17. The molecule has 28 heavy (non-hydrogen) atoms. The van der Waals surface area contributed by atoms with E-state index in [4.69, 9.17) is 5.73 Å². The van der Waals surface area contributed by atoms with Crippen LogP contribution >= 0.6 is 0 Å². The van der Waals surface area contributed by atoms with Crippen molar-refractivity contribution in [2.45, 2.75) is 6.54 Å². The van der Waals surface area contributed by atoms with Crippen molar-refractivity contribution in [1.82, 2.24) is 15.6 Å². The molecule has 142 valence electrons. The van der Waals surface area contributed by atoms with Gasteiger partial charge in [-0.15, -0.1) is 0 Å². The van der Waals surface area contributed by atoms with Gasteiger partial charge in [0.15, 0.2) is 0 Å². The zero-order valence-electron chi connectivity index (χ0n) is 14.8. The maximum Gasteiger partial charge on any atom is 0.252 e. The van der Waals surface area contributed by atoms with Crippen LogP contribution in [0.4, 0.5) is 0 Å². The molecule has 0 unspecified atom stereocenters. The molecule has 0 spiro atoms. The molecule has 8 nitrogen and oxygen atoms in total. The number of hydrogen-bond acceptors (Lipinski definition) is 4. The van der Waals surface area contributed by atoms with Gasteiger partial charge in [0.2, 0.25) is 11.5 Å². The number of fused-ring (bicyclic) bond motifs is 1. The van der Waals surface area contributed by atoms with E-state index in [-0.39, 0.29) is 24.6 Å². The van der Waals surface area contributed by atoms with Crippen molar-refractivity contribution in [3.63, 3.8) is 0 Å². The van der Waals surface area contributed by atoms with Crippen LogP contribution in [0.5, 0.6) is 0 Å². The number of nitrogens with two attached hydrogens (primary N) is 1. The lowest BCUT2D eigenvalue weighted by Gasteiger charge is -2.09. The molecule has 3 amide bonds. The van der Waals surface area contributed by atoms with Crippen LogP contribution in [0.3, 0.4) is 0 Å². The minimum atomic E-state index is -0.625. The summed E-state index contributed by atoms with van der Waals surface area (Å²) in [6.07, 6.45) is 0. The molecule has 0 aliphatic heterocycles. The summed E-state index contributed by atoms with van der Waals surface area (Å²) in [6.45, 7) is -0.00997. The summed E-state index contributed by atoms with van der Waals surface area (Å²) >= 11 is 0. The summed E-state index contributed by atoms with van der Waals surface area (Å²) in [6, 6.07) is 14.9. The fourth-order valence-corrected chi connectivity index (χ4v) is 2.71. The third-order valence-corrected chi connectivity index (χ3v) is 4.09. The number of primary amides is 1. The zero-order valence-corrected chi connectivity index (χ0v) is 14.8. The van der Waals surface area contributed by atoms with E-state index in [9.17, 15) is 19.2 Å². The molecule has 5 N–H and O–H groups in total. The van der Waals surface area contributed by atoms with E-state index < -0.39 is 11.8 Å². The molecule has 0 aliphatic carbocycles. The molecule has 0 fully saturated rings. The molecule has 8 heteroatoms. The fraction of sp³-hybridized carbons (Fsp3) is 0.100. The van der Waals surface area contributed by atoms with Crippen molar-refractivity contribution in [2.75, 3.05) is 6.54 Å². The van der Waals surface area contributed by atoms with E-state index >= 15 is 0 Å². The Labute approximate surface area is 159 Å². The fourth-order valence-electron chi connectivity index (χ4n) is 2.71. The normalized spacial score (nSPS) is 10.4. The molecule has 1 aromatic heterocycles. The first kappa shape index (κ1) is 18.8. The van der Waals surface area contributed by atoms with Gasteiger partial charge in [-0.05, 0) is 23.8 Å². The Morgan fingerprint density at radius 1 is 0.929 bits per heavy atom. The number of rotatable bonds is 6. The molecule has 0 saturated carbocycles. The van der Waals surface area contributed by atoms with Crippen LogP contribution < -0.4 is 21.9 Å². The summed E-state index contributed by atoms with van der Waals surface area (Å²) in [5.41, 5.74) is 6.66. The van der Waals surface area contributed by atoms with Gasteiger partial charge >= 0.3 is 0 Å². The van der Waals surface area contributed by atoms with E-state index in [1.54, 1.807) is 48.5 Å². The van der Waals surface area contributed by atoms with Crippen LogP contribution in [0.25, 0.3) is 10.9 Å². The van der Waals surface area contributed by atoms with Crippen LogP contribution in [-0.2, 0) is 11.3 Å². The molecule has 1 heterocycles. The van der Waals surface area contributed by atoms with Crippen LogP contribution in [0.15, 0.2) is 59.4 Å².